The lowest BCUT2D eigenvalue weighted by Gasteiger charge is -2.36. The zero-order chi connectivity index (χ0) is 13.2. The smallest absolute Gasteiger partial charge is 0.0542 e. The number of halogens is 1. The summed E-state index contributed by atoms with van der Waals surface area (Å²) >= 11 is 3.41. The van der Waals surface area contributed by atoms with Crippen LogP contribution in [0.5, 0.6) is 0 Å². The van der Waals surface area contributed by atoms with E-state index < -0.39 is 0 Å². The summed E-state index contributed by atoms with van der Waals surface area (Å²) in [4.78, 5) is 7.00. The standard InChI is InChI=1S/C15H22BrN3/c1-19-14-4-5-15(19)7-11(6-14)8-17-10-13-3-2-12(16)9-18-13/h2-3,9,11,14-15,17H,4-8,10H2,1H3. The average molecular weight is 324 g/mol. The van der Waals surface area contributed by atoms with E-state index in [1.807, 2.05) is 6.20 Å². The van der Waals surface area contributed by atoms with Gasteiger partial charge in [0.1, 0.15) is 0 Å². The predicted molar refractivity (Wildman–Crippen MR) is 80.9 cm³/mol. The minimum Gasteiger partial charge on any atom is -0.311 e. The Labute approximate surface area is 123 Å². The Morgan fingerprint density at radius 2 is 2.05 bits per heavy atom. The third-order valence-corrected chi connectivity index (χ3v) is 5.19. The molecule has 2 aliphatic rings. The minimum absolute atomic E-state index is 0.844. The van der Waals surface area contributed by atoms with Crippen molar-refractivity contribution in [2.24, 2.45) is 5.92 Å². The highest BCUT2D eigenvalue weighted by atomic mass is 79.9. The van der Waals surface area contributed by atoms with Gasteiger partial charge in [0.05, 0.1) is 5.69 Å². The molecule has 1 N–H and O–H groups in total. The van der Waals surface area contributed by atoms with Gasteiger partial charge in [0.25, 0.3) is 0 Å². The maximum atomic E-state index is 4.40. The molecule has 0 aromatic carbocycles. The Balaban J connectivity index is 1.45. The van der Waals surface area contributed by atoms with E-state index in [4.69, 9.17) is 0 Å². The summed E-state index contributed by atoms with van der Waals surface area (Å²) in [5, 5.41) is 3.58. The van der Waals surface area contributed by atoms with Crippen LogP contribution in [0.4, 0.5) is 0 Å². The second kappa shape index (κ2) is 5.90. The molecule has 2 saturated heterocycles. The van der Waals surface area contributed by atoms with Crippen molar-refractivity contribution < 1.29 is 0 Å². The lowest BCUT2D eigenvalue weighted by Crippen LogP contribution is -2.42. The van der Waals surface area contributed by atoms with E-state index in [9.17, 15) is 0 Å². The largest absolute Gasteiger partial charge is 0.311 e. The van der Waals surface area contributed by atoms with Crippen LogP contribution in [0.15, 0.2) is 22.8 Å². The monoisotopic (exact) mass is 323 g/mol. The molecule has 2 bridgehead atoms. The fourth-order valence-corrected chi connectivity index (χ4v) is 3.84. The minimum atomic E-state index is 0.844. The number of nitrogens with zero attached hydrogens (tertiary/aromatic N) is 2. The summed E-state index contributed by atoms with van der Waals surface area (Å²) in [6.07, 6.45) is 7.42. The lowest BCUT2D eigenvalue weighted by molar-refractivity contribution is 0.133. The van der Waals surface area contributed by atoms with Crippen LogP contribution in [-0.4, -0.2) is 35.6 Å². The number of pyridine rings is 1. The summed E-state index contributed by atoms with van der Waals surface area (Å²) in [5.74, 6) is 0.851. The summed E-state index contributed by atoms with van der Waals surface area (Å²) < 4.78 is 1.04. The van der Waals surface area contributed by atoms with E-state index in [0.717, 1.165) is 41.3 Å². The molecule has 104 valence electrons. The first-order chi connectivity index (χ1) is 9.22. The van der Waals surface area contributed by atoms with Gasteiger partial charge in [-0.1, -0.05) is 0 Å². The van der Waals surface area contributed by atoms with Gasteiger partial charge in [0.15, 0.2) is 0 Å². The summed E-state index contributed by atoms with van der Waals surface area (Å²) in [6, 6.07) is 5.82. The maximum Gasteiger partial charge on any atom is 0.0542 e. The summed E-state index contributed by atoms with van der Waals surface area (Å²) in [7, 11) is 2.30. The van der Waals surface area contributed by atoms with Crippen LogP contribution in [0.3, 0.4) is 0 Å². The number of nitrogens with one attached hydrogen (secondary N) is 1. The van der Waals surface area contributed by atoms with Gasteiger partial charge in [0, 0.05) is 29.3 Å². The van der Waals surface area contributed by atoms with Crippen molar-refractivity contribution in [3.05, 3.63) is 28.5 Å². The maximum absolute atomic E-state index is 4.40. The molecule has 3 nitrogen and oxygen atoms in total. The molecular formula is C15H22BrN3. The first kappa shape index (κ1) is 13.5. The van der Waals surface area contributed by atoms with Gasteiger partial charge < -0.3 is 10.2 Å². The summed E-state index contributed by atoms with van der Waals surface area (Å²) in [5.41, 5.74) is 1.12. The molecule has 0 aliphatic carbocycles. The van der Waals surface area contributed by atoms with Crippen molar-refractivity contribution >= 4 is 15.9 Å². The topological polar surface area (TPSA) is 28.2 Å². The number of piperidine rings is 1. The van der Waals surface area contributed by atoms with Crippen LogP contribution in [0, 0.1) is 5.92 Å². The average Bonchev–Trinajstić information content (AvgIpc) is 2.64. The molecule has 1 aromatic rings. The molecule has 2 fully saturated rings. The molecule has 0 amide bonds. The molecule has 3 heterocycles. The van der Waals surface area contributed by atoms with E-state index in [0.29, 0.717) is 0 Å². The van der Waals surface area contributed by atoms with Gasteiger partial charge in [0.2, 0.25) is 0 Å². The highest BCUT2D eigenvalue weighted by molar-refractivity contribution is 9.10. The zero-order valence-corrected chi connectivity index (χ0v) is 13.1. The first-order valence-corrected chi connectivity index (χ1v) is 8.05. The molecule has 1 aromatic heterocycles. The first-order valence-electron chi connectivity index (χ1n) is 7.25. The molecular weight excluding hydrogens is 302 g/mol. The van der Waals surface area contributed by atoms with Gasteiger partial charge >= 0.3 is 0 Å². The normalized spacial score (nSPS) is 30.7. The second-order valence-corrected chi connectivity index (χ2v) is 6.90. The molecule has 0 saturated carbocycles. The third kappa shape index (κ3) is 3.18. The fraction of sp³-hybridized carbons (Fsp3) is 0.667. The Bertz CT molecular complexity index is 406. The van der Waals surface area contributed by atoms with Crippen LogP contribution < -0.4 is 5.32 Å². The molecule has 0 spiro atoms. The van der Waals surface area contributed by atoms with Gasteiger partial charge in [-0.2, -0.15) is 0 Å². The molecule has 19 heavy (non-hydrogen) atoms. The highest BCUT2D eigenvalue weighted by Gasteiger charge is 2.37. The lowest BCUT2D eigenvalue weighted by atomic mass is 9.91. The quantitative estimate of drug-likeness (QED) is 0.923. The number of fused-ring (bicyclic) bond motifs is 2. The van der Waals surface area contributed by atoms with Crippen LogP contribution in [-0.2, 0) is 6.54 Å². The number of hydrogen-bond acceptors (Lipinski definition) is 3. The summed E-state index contributed by atoms with van der Waals surface area (Å²) in [6.45, 7) is 2.02. The fourth-order valence-electron chi connectivity index (χ4n) is 3.61. The third-order valence-electron chi connectivity index (χ3n) is 4.72. The van der Waals surface area contributed by atoms with Crippen LogP contribution >= 0.6 is 15.9 Å². The van der Waals surface area contributed by atoms with E-state index in [1.165, 1.54) is 25.7 Å². The molecule has 2 atom stereocenters. The van der Waals surface area contributed by atoms with Gasteiger partial charge in [-0.05, 0) is 73.3 Å². The Kier molecular flexibility index (Phi) is 4.20. The second-order valence-electron chi connectivity index (χ2n) is 5.99. The van der Waals surface area contributed by atoms with E-state index in [-0.39, 0.29) is 0 Å². The Morgan fingerprint density at radius 1 is 1.32 bits per heavy atom. The molecule has 0 radical (unpaired) electrons. The van der Waals surface area contributed by atoms with E-state index in [2.05, 4.69) is 50.3 Å². The van der Waals surface area contributed by atoms with Crippen molar-refractivity contribution in [2.75, 3.05) is 13.6 Å². The molecule has 2 aliphatic heterocycles. The SMILES string of the molecule is CN1C2CCC1CC(CNCc1ccc(Br)cn1)C2. The van der Waals surface area contributed by atoms with Crippen molar-refractivity contribution in [1.29, 1.82) is 0 Å². The van der Waals surface area contributed by atoms with Gasteiger partial charge in [-0.15, -0.1) is 0 Å². The number of hydrogen-bond donors (Lipinski definition) is 1. The number of rotatable bonds is 4. The van der Waals surface area contributed by atoms with Crippen LogP contribution in [0.2, 0.25) is 0 Å². The van der Waals surface area contributed by atoms with Crippen molar-refractivity contribution in [2.45, 2.75) is 44.3 Å². The Morgan fingerprint density at radius 3 is 2.68 bits per heavy atom. The predicted octanol–water partition coefficient (Wildman–Crippen LogP) is 2.81. The van der Waals surface area contributed by atoms with E-state index >= 15 is 0 Å². The molecule has 3 rings (SSSR count). The van der Waals surface area contributed by atoms with Gasteiger partial charge in [-0.3, -0.25) is 4.98 Å². The Hall–Kier alpha value is -0.450. The highest BCUT2D eigenvalue weighted by Crippen LogP contribution is 2.36. The van der Waals surface area contributed by atoms with Crippen molar-refractivity contribution in [3.63, 3.8) is 0 Å². The van der Waals surface area contributed by atoms with Crippen LogP contribution in [0.1, 0.15) is 31.4 Å². The van der Waals surface area contributed by atoms with Crippen LogP contribution in [0.25, 0.3) is 0 Å². The molecule has 2 unspecified atom stereocenters. The van der Waals surface area contributed by atoms with Gasteiger partial charge in [-0.25, -0.2) is 0 Å². The zero-order valence-electron chi connectivity index (χ0n) is 11.5. The number of aromatic nitrogens is 1. The van der Waals surface area contributed by atoms with Crippen molar-refractivity contribution in [3.8, 4) is 0 Å². The van der Waals surface area contributed by atoms with Crippen molar-refractivity contribution in [1.82, 2.24) is 15.2 Å². The molecule has 4 heteroatoms. The van der Waals surface area contributed by atoms with E-state index in [1.54, 1.807) is 0 Å².